The van der Waals surface area contributed by atoms with E-state index < -0.39 is 6.43 Å². The number of hydrogen-bond donors (Lipinski definition) is 0. The van der Waals surface area contributed by atoms with E-state index >= 15 is 0 Å². The zero-order valence-electron chi connectivity index (χ0n) is 8.31. The Morgan fingerprint density at radius 1 is 1.31 bits per heavy atom. The average molecular weight is 191 g/mol. The third-order valence-corrected chi connectivity index (χ3v) is 2.76. The second-order valence-electron chi connectivity index (χ2n) is 3.91. The second kappa shape index (κ2) is 5.53. The van der Waals surface area contributed by atoms with E-state index in [9.17, 15) is 8.78 Å². The van der Waals surface area contributed by atoms with Gasteiger partial charge in [-0.2, -0.15) is 0 Å². The van der Waals surface area contributed by atoms with E-state index in [0.29, 0.717) is 0 Å². The zero-order chi connectivity index (χ0) is 9.68. The summed E-state index contributed by atoms with van der Waals surface area (Å²) in [6.07, 6.45) is 1.09. The molecule has 0 atom stereocenters. The molecule has 1 nitrogen and oxygen atoms in total. The Hall–Kier alpha value is -0.180. The van der Waals surface area contributed by atoms with Gasteiger partial charge in [-0.05, 0) is 44.8 Å². The Balaban J connectivity index is 2.15. The van der Waals surface area contributed by atoms with Gasteiger partial charge in [0.25, 0.3) is 0 Å². The van der Waals surface area contributed by atoms with Crippen LogP contribution in [-0.4, -0.2) is 31.0 Å². The monoisotopic (exact) mass is 191 g/mol. The number of hydrogen-bond acceptors (Lipinski definition) is 1. The molecule has 0 saturated carbocycles. The number of halogens is 2. The van der Waals surface area contributed by atoms with Gasteiger partial charge in [-0.3, -0.25) is 0 Å². The minimum atomic E-state index is -2.11. The Morgan fingerprint density at radius 2 is 1.92 bits per heavy atom. The first-order chi connectivity index (χ1) is 6.22. The minimum absolute atomic E-state index is 0.111. The Kier molecular flexibility index (Phi) is 4.64. The van der Waals surface area contributed by atoms with E-state index in [4.69, 9.17) is 0 Å². The Bertz CT molecular complexity index is 131. The van der Waals surface area contributed by atoms with Crippen LogP contribution in [0.3, 0.4) is 0 Å². The SMILES string of the molecule is CCCN1CCC(CC(F)F)CC1. The van der Waals surface area contributed by atoms with Gasteiger partial charge in [-0.15, -0.1) is 0 Å². The first-order valence-corrected chi connectivity index (χ1v) is 5.23. The molecule has 1 aliphatic heterocycles. The number of piperidine rings is 1. The van der Waals surface area contributed by atoms with Crippen molar-refractivity contribution in [1.82, 2.24) is 4.90 Å². The predicted octanol–water partition coefficient (Wildman–Crippen LogP) is 2.76. The molecular weight excluding hydrogens is 172 g/mol. The van der Waals surface area contributed by atoms with Crippen LogP contribution in [0.15, 0.2) is 0 Å². The van der Waals surface area contributed by atoms with Crippen LogP contribution in [0, 0.1) is 5.92 Å². The van der Waals surface area contributed by atoms with Gasteiger partial charge in [0.2, 0.25) is 6.43 Å². The van der Waals surface area contributed by atoms with Crippen LogP contribution in [0.1, 0.15) is 32.6 Å². The van der Waals surface area contributed by atoms with Gasteiger partial charge < -0.3 is 4.90 Å². The molecule has 0 radical (unpaired) electrons. The van der Waals surface area contributed by atoms with E-state index in [0.717, 1.165) is 32.5 Å². The molecule has 0 aromatic carbocycles. The van der Waals surface area contributed by atoms with Crippen molar-refractivity contribution < 1.29 is 8.78 Å². The molecule has 13 heavy (non-hydrogen) atoms. The molecule has 0 bridgehead atoms. The highest BCUT2D eigenvalue weighted by Crippen LogP contribution is 2.23. The van der Waals surface area contributed by atoms with Crippen molar-refractivity contribution in [2.24, 2.45) is 5.92 Å². The van der Waals surface area contributed by atoms with Gasteiger partial charge in [-0.25, -0.2) is 8.78 Å². The molecule has 1 rings (SSSR count). The Morgan fingerprint density at radius 3 is 2.38 bits per heavy atom. The first-order valence-electron chi connectivity index (χ1n) is 5.23. The Labute approximate surface area is 79.1 Å². The molecule has 1 heterocycles. The number of alkyl halides is 2. The third kappa shape index (κ3) is 4.03. The highest BCUT2D eigenvalue weighted by molar-refractivity contribution is 4.72. The lowest BCUT2D eigenvalue weighted by Gasteiger charge is -2.31. The summed E-state index contributed by atoms with van der Waals surface area (Å²) in [5, 5.41) is 0. The maximum absolute atomic E-state index is 12.1. The van der Waals surface area contributed by atoms with E-state index in [1.54, 1.807) is 0 Å². The highest BCUT2D eigenvalue weighted by atomic mass is 19.3. The van der Waals surface area contributed by atoms with Gasteiger partial charge in [0.15, 0.2) is 0 Å². The largest absolute Gasteiger partial charge is 0.303 e. The van der Waals surface area contributed by atoms with Crippen LogP contribution in [-0.2, 0) is 0 Å². The van der Waals surface area contributed by atoms with Crippen molar-refractivity contribution >= 4 is 0 Å². The van der Waals surface area contributed by atoms with E-state index in [2.05, 4.69) is 11.8 Å². The molecule has 1 saturated heterocycles. The van der Waals surface area contributed by atoms with Crippen molar-refractivity contribution in [3.05, 3.63) is 0 Å². The fraction of sp³-hybridized carbons (Fsp3) is 1.00. The normalized spacial score (nSPS) is 21.2. The summed E-state index contributed by atoms with van der Waals surface area (Å²) in [7, 11) is 0. The molecular formula is C10H19F2N. The van der Waals surface area contributed by atoms with E-state index in [1.165, 1.54) is 6.42 Å². The minimum Gasteiger partial charge on any atom is -0.303 e. The molecule has 0 spiro atoms. The van der Waals surface area contributed by atoms with Crippen molar-refractivity contribution in [3.63, 3.8) is 0 Å². The van der Waals surface area contributed by atoms with Crippen LogP contribution in [0.5, 0.6) is 0 Å². The van der Waals surface area contributed by atoms with Crippen molar-refractivity contribution in [2.45, 2.75) is 39.0 Å². The summed E-state index contributed by atoms with van der Waals surface area (Å²) in [5.41, 5.74) is 0. The van der Waals surface area contributed by atoms with Gasteiger partial charge in [0, 0.05) is 6.42 Å². The van der Waals surface area contributed by atoms with Crippen LogP contribution in [0.4, 0.5) is 8.78 Å². The third-order valence-electron chi connectivity index (χ3n) is 2.76. The molecule has 0 unspecified atom stereocenters. The van der Waals surface area contributed by atoms with Crippen LogP contribution in [0.25, 0.3) is 0 Å². The summed E-state index contributed by atoms with van der Waals surface area (Å²) in [6.45, 7) is 5.32. The molecule has 0 aromatic heterocycles. The molecule has 0 aliphatic carbocycles. The standard InChI is InChI=1S/C10H19F2N/c1-2-5-13-6-3-9(4-7-13)8-10(11)12/h9-10H,2-8H2,1H3. The fourth-order valence-corrected chi connectivity index (χ4v) is 2.01. The van der Waals surface area contributed by atoms with Gasteiger partial charge in [0.1, 0.15) is 0 Å². The zero-order valence-corrected chi connectivity index (χ0v) is 8.31. The lowest BCUT2D eigenvalue weighted by atomic mass is 9.94. The summed E-state index contributed by atoms with van der Waals surface area (Å²) < 4.78 is 24.1. The summed E-state index contributed by atoms with van der Waals surface area (Å²) in [4.78, 5) is 2.38. The number of likely N-dealkylation sites (tertiary alicyclic amines) is 1. The lowest BCUT2D eigenvalue weighted by molar-refractivity contribution is 0.0870. The average Bonchev–Trinajstić information content (AvgIpc) is 2.08. The fourth-order valence-electron chi connectivity index (χ4n) is 2.01. The number of nitrogens with zero attached hydrogens (tertiary/aromatic N) is 1. The van der Waals surface area contributed by atoms with Gasteiger partial charge >= 0.3 is 0 Å². The van der Waals surface area contributed by atoms with Crippen LogP contribution in [0.2, 0.25) is 0 Å². The molecule has 0 aromatic rings. The smallest absolute Gasteiger partial charge is 0.238 e. The molecule has 1 aliphatic rings. The molecule has 0 N–H and O–H groups in total. The maximum Gasteiger partial charge on any atom is 0.238 e. The van der Waals surface area contributed by atoms with Gasteiger partial charge in [0.05, 0.1) is 0 Å². The molecule has 78 valence electrons. The van der Waals surface area contributed by atoms with Crippen LogP contribution >= 0.6 is 0 Å². The van der Waals surface area contributed by atoms with Crippen molar-refractivity contribution in [3.8, 4) is 0 Å². The van der Waals surface area contributed by atoms with Crippen molar-refractivity contribution in [1.29, 1.82) is 0 Å². The molecule has 0 amide bonds. The van der Waals surface area contributed by atoms with Gasteiger partial charge in [-0.1, -0.05) is 6.92 Å². The van der Waals surface area contributed by atoms with Crippen LogP contribution < -0.4 is 0 Å². The maximum atomic E-state index is 12.1. The topological polar surface area (TPSA) is 3.24 Å². The number of rotatable bonds is 4. The lowest BCUT2D eigenvalue weighted by Crippen LogP contribution is -2.34. The first kappa shape index (κ1) is 10.9. The summed E-state index contributed by atoms with van der Waals surface area (Å²) in [6, 6.07) is 0. The summed E-state index contributed by atoms with van der Waals surface area (Å²) in [5.74, 6) is 0.271. The predicted molar refractivity (Wildman–Crippen MR) is 50.1 cm³/mol. The molecule has 3 heteroatoms. The van der Waals surface area contributed by atoms with E-state index in [-0.39, 0.29) is 12.3 Å². The quantitative estimate of drug-likeness (QED) is 0.660. The highest BCUT2D eigenvalue weighted by Gasteiger charge is 2.21. The molecule has 1 fully saturated rings. The van der Waals surface area contributed by atoms with Crippen molar-refractivity contribution in [2.75, 3.05) is 19.6 Å². The summed E-state index contributed by atoms with van der Waals surface area (Å²) >= 11 is 0. The second-order valence-corrected chi connectivity index (χ2v) is 3.91. The van der Waals surface area contributed by atoms with E-state index in [1.807, 2.05) is 0 Å².